The van der Waals surface area contributed by atoms with E-state index < -0.39 is 10.0 Å². The fourth-order valence-electron chi connectivity index (χ4n) is 1.77. The predicted molar refractivity (Wildman–Crippen MR) is 89.3 cm³/mol. The van der Waals surface area contributed by atoms with Crippen molar-refractivity contribution in [3.63, 3.8) is 0 Å². The van der Waals surface area contributed by atoms with Crippen LogP contribution in [0, 0.1) is 0 Å². The molecule has 1 aromatic rings. The van der Waals surface area contributed by atoms with Crippen molar-refractivity contribution >= 4 is 21.4 Å². The van der Waals surface area contributed by atoms with Gasteiger partial charge in [0.25, 0.3) is 0 Å². The number of hydrogen-bond donors (Lipinski definition) is 2. The largest absolute Gasteiger partial charge is 0.312 e. The van der Waals surface area contributed by atoms with Crippen molar-refractivity contribution in [3.05, 3.63) is 16.3 Å². The molecule has 7 heteroatoms. The van der Waals surface area contributed by atoms with E-state index in [1.54, 1.807) is 6.07 Å². The van der Waals surface area contributed by atoms with E-state index in [2.05, 4.69) is 35.7 Å². The van der Waals surface area contributed by atoms with Crippen molar-refractivity contribution in [2.24, 2.45) is 0 Å². The second kappa shape index (κ2) is 8.85. The zero-order chi connectivity index (χ0) is 15.9. The number of nitrogens with zero attached hydrogens (tertiary/aromatic N) is 1. The highest BCUT2D eigenvalue weighted by atomic mass is 32.2. The van der Waals surface area contributed by atoms with Crippen molar-refractivity contribution in [3.8, 4) is 0 Å². The Balaban J connectivity index is 2.60. The minimum absolute atomic E-state index is 0.406. The molecular formula is C14H27N3O2S2. The molecular weight excluding hydrogens is 306 g/mol. The summed E-state index contributed by atoms with van der Waals surface area (Å²) in [6.45, 7) is 8.89. The van der Waals surface area contributed by atoms with Crippen LogP contribution in [0.3, 0.4) is 0 Å². The number of thiophene rings is 1. The molecule has 0 aliphatic heterocycles. The van der Waals surface area contributed by atoms with Crippen LogP contribution in [0.15, 0.2) is 16.3 Å². The Kier molecular flexibility index (Phi) is 7.83. The van der Waals surface area contributed by atoms with Gasteiger partial charge in [0, 0.05) is 30.6 Å². The number of nitrogens with one attached hydrogen (secondary N) is 2. The summed E-state index contributed by atoms with van der Waals surface area (Å²) in [7, 11) is -1.42. The summed E-state index contributed by atoms with van der Waals surface area (Å²) in [4.78, 5) is 3.39. The van der Waals surface area contributed by atoms with Crippen LogP contribution >= 0.6 is 11.3 Å². The van der Waals surface area contributed by atoms with Crippen molar-refractivity contribution in [1.29, 1.82) is 0 Å². The molecule has 1 aromatic heterocycles. The molecule has 0 atom stereocenters. The van der Waals surface area contributed by atoms with Gasteiger partial charge in [0.15, 0.2) is 0 Å². The van der Waals surface area contributed by atoms with Crippen LogP contribution in [0.25, 0.3) is 0 Å². The summed E-state index contributed by atoms with van der Waals surface area (Å²) in [6, 6.07) is 2.09. The van der Waals surface area contributed by atoms with E-state index in [4.69, 9.17) is 0 Å². The second-order valence-electron chi connectivity index (χ2n) is 5.36. The molecule has 0 aromatic carbocycles. The fraction of sp³-hybridized carbons (Fsp3) is 0.714. The lowest BCUT2D eigenvalue weighted by molar-refractivity contribution is 0.278. The van der Waals surface area contributed by atoms with Crippen LogP contribution in [-0.4, -0.2) is 46.0 Å². The molecule has 2 N–H and O–H groups in total. The summed E-state index contributed by atoms with van der Waals surface area (Å²) < 4.78 is 27.4. The monoisotopic (exact) mass is 333 g/mol. The van der Waals surface area contributed by atoms with Crippen LogP contribution in [0.5, 0.6) is 0 Å². The first-order valence-corrected chi connectivity index (χ1v) is 9.71. The highest BCUT2D eigenvalue weighted by Crippen LogP contribution is 2.21. The highest BCUT2D eigenvalue weighted by molar-refractivity contribution is 7.89. The second-order valence-corrected chi connectivity index (χ2v) is 8.09. The quantitative estimate of drug-likeness (QED) is 0.642. The molecule has 0 aliphatic rings. The molecule has 21 heavy (non-hydrogen) atoms. The first-order valence-electron chi connectivity index (χ1n) is 7.35. The average molecular weight is 334 g/mol. The van der Waals surface area contributed by atoms with Gasteiger partial charge in [-0.15, -0.1) is 11.3 Å². The maximum Gasteiger partial charge on any atom is 0.241 e. The number of likely N-dealkylation sites (N-methyl/N-ethyl adjacent to an activating group) is 1. The van der Waals surface area contributed by atoms with E-state index in [1.165, 1.54) is 11.3 Å². The zero-order valence-electron chi connectivity index (χ0n) is 13.3. The van der Waals surface area contributed by atoms with Gasteiger partial charge in [0.05, 0.1) is 4.90 Å². The molecule has 0 spiro atoms. The normalized spacial score (nSPS) is 12.5. The Morgan fingerprint density at radius 3 is 2.67 bits per heavy atom. The lowest BCUT2D eigenvalue weighted by atomic mass is 10.3. The molecule has 0 bridgehead atoms. The van der Waals surface area contributed by atoms with E-state index in [9.17, 15) is 8.42 Å². The third-order valence-electron chi connectivity index (χ3n) is 3.34. The molecule has 0 radical (unpaired) electrons. The van der Waals surface area contributed by atoms with Crippen molar-refractivity contribution in [2.45, 2.75) is 44.7 Å². The maximum atomic E-state index is 12.3. The molecule has 0 saturated heterocycles. The summed E-state index contributed by atoms with van der Waals surface area (Å²) in [5.74, 6) is 0. The number of rotatable bonds is 10. The van der Waals surface area contributed by atoms with Crippen LogP contribution in [0.4, 0.5) is 0 Å². The first-order chi connectivity index (χ1) is 9.88. The molecule has 0 saturated carbocycles. The topological polar surface area (TPSA) is 61.4 Å². The Morgan fingerprint density at radius 1 is 1.33 bits per heavy atom. The van der Waals surface area contributed by atoms with Gasteiger partial charge >= 0.3 is 0 Å². The van der Waals surface area contributed by atoms with Gasteiger partial charge in [0.2, 0.25) is 10.0 Å². The summed E-state index contributed by atoms with van der Waals surface area (Å²) >= 11 is 1.48. The standard InChI is InChI=1S/C14H27N3O2S2/c1-5-7-15-11-13-14(6-10-20-13)21(18,19)16-8-9-17(4)12(2)3/h6,10,12,15-16H,5,7-9,11H2,1-4H3. The smallest absolute Gasteiger partial charge is 0.241 e. The van der Waals surface area contributed by atoms with E-state index in [0.29, 0.717) is 30.6 Å². The predicted octanol–water partition coefficient (Wildman–Crippen LogP) is 1.87. The third kappa shape index (κ3) is 6.04. The molecule has 0 aliphatic carbocycles. The summed E-state index contributed by atoms with van der Waals surface area (Å²) in [6.07, 6.45) is 1.03. The Morgan fingerprint density at radius 2 is 2.05 bits per heavy atom. The maximum absolute atomic E-state index is 12.3. The molecule has 0 amide bonds. The van der Waals surface area contributed by atoms with Crippen LogP contribution in [-0.2, 0) is 16.6 Å². The lowest BCUT2D eigenvalue weighted by Crippen LogP contribution is -2.36. The Labute approximate surface area is 132 Å². The number of sulfonamides is 1. The van der Waals surface area contributed by atoms with E-state index in [1.807, 2.05) is 12.4 Å². The van der Waals surface area contributed by atoms with Gasteiger partial charge < -0.3 is 10.2 Å². The molecule has 0 fully saturated rings. The molecule has 1 rings (SSSR count). The fourth-order valence-corrected chi connectivity index (χ4v) is 4.20. The number of hydrogen-bond acceptors (Lipinski definition) is 5. The Hall–Kier alpha value is -0.470. The van der Waals surface area contributed by atoms with Gasteiger partial charge in [-0.2, -0.15) is 0 Å². The zero-order valence-corrected chi connectivity index (χ0v) is 15.0. The van der Waals surface area contributed by atoms with Crippen molar-refractivity contribution < 1.29 is 8.42 Å². The summed E-state index contributed by atoms with van der Waals surface area (Å²) in [5.41, 5.74) is 0. The molecule has 1 heterocycles. The van der Waals surface area contributed by atoms with E-state index in [-0.39, 0.29) is 0 Å². The lowest BCUT2D eigenvalue weighted by Gasteiger charge is -2.20. The van der Waals surface area contributed by atoms with Crippen molar-refractivity contribution in [1.82, 2.24) is 14.9 Å². The van der Waals surface area contributed by atoms with Gasteiger partial charge in [-0.3, -0.25) is 0 Å². The van der Waals surface area contributed by atoms with Crippen molar-refractivity contribution in [2.75, 3.05) is 26.7 Å². The summed E-state index contributed by atoms with van der Waals surface area (Å²) in [5, 5.41) is 5.08. The molecule has 122 valence electrons. The Bertz CT molecular complexity index is 512. The van der Waals surface area contributed by atoms with Crippen LogP contribution < -0.4 is 10.0 Å². The van der Waals surface area contributed by atoms with Gasteiger partial charge in [-0.25, -0.2) is 13.1 Å². The molecule has 0 unspecified atom stereocenters. The van der Waals surface area contributed by atoms with Gasteiger partial charge in [-0.1, -0.05) is 6.92 Å². The minimum Gasteiger partial charge on any atom is -0.312 e. The van der Waals surface area contributed by atoms with Crippen LogP contribution in [0.2, 0.25) is 0 Å². The highest BCUT2D eigenvalue weighted by Gasteiger charge is 2.19. The van der Waals surface area contributed by atoms with Crippen LogP contribution in [0.1, 0.15) is 32.1 Å². The molecule has 5 nitrogen and oxygen atoms in total. The van der Waals surface area contributed by atoms with E-state index >= 15 is 0 Å². The van der Waals surface area contributed by atoms with Gasteiger partial charge in [-0.05, 0) is 45.3 Å². The third-order valence-corrected chi connectivity index (χ3v) is 5.94. The minimum atomic E-state index is -3.41. The SMILES string of the molecule is CCCNCc1sccc1S(=O)(=O)NCCN(C)C(C)C. The average Bonchev–Trinajstić information content (AvgIpc) is 2.88. The van der Waals surface area contributed by atoms with Gasteiger partial charge in [0.1, 0.15) is 0 Å². The van der Waals surface area contributed by atoms with E-state index in [0.717, 1.165) is 17.8 Å². The first kappa shape index (κ1) is 18.6.